The van der Waals surface area contributed by atoms with E-state index in [0.29, 0.717) is 17.6 Å². The van der Waals surface area contributed by atoms with Gasteiger partial charge in [-0.1, -0.05) is 140 Å². The number of para-hydroxylation sites is 4. The second-order valence-corrected chi connectivity index (χ2v) is 14.4. The van der Waals surface area contributed by atoms with Crippen molar-refractivity contribution in [1.29, 1.82) is 0 Å². The van der Waals surface area contributed by atoms with E-state index in [1.54, 1.807) is 0 Å². The molecule has 0 aliphatic heterocycles. The standard InChI is InChI=1S/C51H31N5O/c1-4-16-32(17-5-1)49-52-50(33-18-6-2-7-19-33)54-51(53-49)56-43-26-14-11-24-38(43)46-39(31-41-37-23-12-15-27-45(37)57-48(41)47(46)56)34-28-29-44-40(30-34)36-22-10-13-25-42(36)55(44)35-20-8-3-9-21-35/h1-31H. The molecule has 0 aliphatic carbocycles. The number of furan rings is 1. The van der Waals surface area contributed by atoms with Crippen molar-refractivity contribution < 1.29 is 4.42 Å². The van der Waals surface area contributed by atoms with Gasteiger partial charge >= 0.3 is 0 Å². The fourth-order valence-electron chi connectivity index (χ4n) is 8.66. The highest BCUT2D eigenvalue weighted by molar-refractivity contribution is 6.26. The lowest BCUT2D eigenvalue weighted by molar-refractivity contribution is 0.670. The third-order valence-electron chi connectivity index (χ3n) is 11.2. The lowest BCUT2D eigenvalue weighted by Crippen LogP contribution is -2.06. The molecule has 0 spiro atoms. The average Bonchev–Trinajstić information content (AvgIpc) is 3.95. The van der Waals surface area contributed by atoms with Crippen LogP contribution in [0.25, 0.3) is 111 Å². The van der Waals surface area contributed by atoms with Crippen LogP contribution in [-0.4, -0.2) is 24.1 Å². The lowest BCUT2D eigenvalue weighted by atomic mass is 9.95. The van der Waals surface area contributed by atoms with Crippen molar-refractivity contribution in [2.45, 2.75) is 0 Å². The SMILES string of the molecule is c1ccc(-c2nc(-c3ccccc3)nc(-n3c4ccccc4c4c(-c5ccc6c(c5)c5ccccc5n6-c5ccccc5)cc5c6ccccc6oc5c43)n2)cc1. The van der Waals surface area contributed by atoms with Crippen LogP contribution in [0.15, 0.2) is 192 Å². The molecule has 12 aromatic rings. The Morgan fingerprint density at radius 1 is 0.386 bits per heavy atom. The maximum absolute atomic E-state index is 6.86. The van der Waals surface area contributed by atoms with Gasteiger partial charge in [-0.05, 0) is 59.7 Å². The van der Waals surface area contributed by atoms with Gasteiger partial charge in [0.2, 0.25) is 5.95 Å². The van der Waals surface area contributed by atoms with Gasteiger partial charge in [0.05, 0.1) is 16.6 Å². The highest BCUT2D eigenvalue weighted by atomic mass is 16.3. The first kappa shape index (κ1) is 31.5. The van der Waals surface area contributed by atoms with Crippen LogP contribution in [0.4, 0.5) is 0 Å². The largest absolute Gasteiger partial charge is 0.454 e. The molecule has 8 aromatic carbocycles. The zero-order valence-electron chi connectivity index (χ0n) is 30.5. The predicted molar refractivity (Wildman–Crippen MR) is 232 cm³/mol. The quantitative estimate of drug-likeness (QED) is 0.177. The van der Waals surface area contributed by atoms with Gasteiger partial charge in [-0.3, -0.25) is 4.57 Å². The van der Waals surface area contributed by atoms with Gasteiger partial charge in [-0.25, -0.2) is 4.98 Å². The van der Waals surface area contributed by atoms with Crippen LogP contribution in [0.5, 0.6) is 0 Å². The van der Waals surface area contributed by atoms with E-state index in [2.05, 4.69) is 124 Å². The summed E-state index contributed by atoms with van der Waals surface area (Å²) in [6, 6.07) is 65.5. The highest BCUT2D eigenvalue weighted by Crippen LogP contribution is 2.46. The molecule has 12 rings (SSSR count). The molecule has 0 saturated heterocycles. The lowest BCUT2D eigenvalue weighted by Gasteiger charge is -2.12. The molecule has 6 nitrogen and oxygen atoms in total. The van der Waals surface area contributed by atoms with E-state index in [4.69, 9.17) is 19.4 Å². The molecule has 4 aromatic heterocycles. The fourth-order valence-corrected chi connectivity index (χ4v) is 8.66. The summed E-state index contributed by atoms with van der Waals surface area (Å²) in [6.45, 7) is 0. The Morgan fingerprint density at radius 2 is 0.947 bits per heavy atom. The summed E-state index contributed by atoms with van der Waals surface area (Å²) in [5.41, 5.74) is 11.0. The van der Waals surface area contributed by atoms with Crippen LogP contribution < -0.4 is 0 Å². The van der Waals surface area contributed by atoms with Gasteiger partial charge in [0.25, 0.3) is 0 Å². The van der Waals surface area contributed by atoms with E-state index < -0.39 is 0 Å². The minimum absolute atomic E-state index is 0.522. The Bertz CT molecular complexity index is 3450. The molecule has 0 saturated carbocycles. The monoisotopic (exact) mass is 729 g/mol. The first-order valence-corrected chi connectivity index (χ1v) is 19.1. The Morgan fingerprint density at radius 3 is 1.65 bits per heavy atom. The molecule has 0 fully saturated rings. The summed E-state index contributed by atoms with van der Waals surface area (Å²) in [4.78, 5) is 15.5. The van der Waals surface area contributed by atoms with Gasteiger partial charge in [-0.2, -0.15) is 9.97 Å². The third kappa shape index (κ3) is 4.81. The molecule has 266 valence electrons. The summed E-state index contributed by atoms with van der Waals surface area (Å²) in [5.74, 6) is 1.72. The molecule has 0 aliphatic rings. The zero-order chi connectivity index (χ0) is 37.5. The van der Waals surface area contributed by atoms with E-state index >= 15 is 0 Å². The van der Waals surface area contributed by atoms with Gasteiger partial charge in [0, 0.05) is 49.1 Å². The van der Waals surface area contributed by atoms with Crippen molar-refractivity contribution in [1.82, 2.24) is 24.1 Å². The molecule has 0 atom stereocenters. The van der Waals surface area contributed by atoms with Crippen LogP contribution in [0, 0.1) is 0 Å². The van der Waals surface area contributed by atoms with E-state index in [-0.39, 0.29) is 0 Å². The Hall–Kier alpha value is -7.83. The fraction of sp³-hybridized carbons (Fsp3) is 0. The van der Waals surface area contributed by atoms with Gasteiger partial charge in [0.15, 0.2) is 17.2 Å². The number of rotatable bonds is 5. The summed E-state index contributed by atoms with van der Waals surface area (Å²) < 4.78 is 11.4. The van der Waals surface area contributed by atoms with Crippen molar-refractivity contribution in [3.8, 4) is 45.5 Å². The van der Waals surface area contributed by atoms with Crippen LogP contribution >= 0.6 is 0 Å². The Balaban J connectivity index is 1.21. The van der Waals surface area contributed by atoms with Crippen molar-refractivity contribution in [2.75, 3.05) is 0 Å². The minimum atomic E-state index is 0.522. The van der Waals surface area contributed by atoms with Gasteiger partial charge in [0.1, 0.15) is 11.1 Å². The molecule has 4 heterocycles. The zero-order valence-corrected chi connectivity index (χ0v) is 30.5. The van der Waals surface area contributed by atoms with Crippen molar-refractivity contribution in [3.63, 3.8) is 0 Å². The number of fused-ring (bicyclic) bond motifs is 10. The summed E-state index contributed by atoms with van der Waals surface area (Å²) in [6.07, 6.45) is 0. The van der Waals surface area contributed by atoms with Crippen molar-refractivity contribution in [2.24, 2.45) is 0 Å². The number of aromatic nitrogens is 5. The first-order chi connectivity index (χ1) is 28.3. The Labute approximate surface area is 326 Å². The molecule has 0 bridgehead atoms. The third-order valence-corrected chi connectivity index (χ3v) is 11.2. The maximum atomic E-state index is 6.86. The first-order valence-electron chi connectivity index (χ1n) is 19.1. The van der Waals surface area contributed by atoms with Crippen LogP contribution in [0.3, 0.4) is 0 Å². The van der Waals surface area contributed by atoms with E-state index in [9.17, 15) is 0 Å². The summed E-state index contributed by atoms with van der Waals surface area (Å²) >= 11 is 0. The van der Waals surface area contributed by atoms with Gasteiger partial charge in [-0.15, -0.1) is 0 Å². The normalized spacial score (nSPS) is 11.9. The molecule has 0 unspecified atom stereocenters. The molecule has 6 heteroatoms. The molecular formula is C51H31N5O. The van der Waals surface area contributed by atoms with Crippen molar-refractivity contribution in [3.05, 3.63) is 188 Å². The maximum Gasteiger partial charge on any atom is 0.238 e. The van der Waals surface area contributed by atoms with Crippen LogP contribution in [0.2, 0.25) is 0 Å². The highest BCUT2D eigenvalue weighted by Gasteiger charge is 2.25. The Kier molecular flexibility index (Phi) is 6.83. The smallest absolute Gasteiger partial charge is 0.238 e. The topological polar surface area (TPSA) is 61.7 Å². The van der Waals surface area contributed by atoms with Crippen LogP contribution in [-0.2, 0) is 0 Å². The predicted octanol–water partition coefficient (Wildman–Crippen LogP) is 13.0. The van der Waals surface area contributed by atoms with E-state index in [0.717, 1.165) is 77.2 Å². The van der Waals surface area contributed by atoms with E-state index in [1.807, 2.05) is 72.8 Å². The summed E-state index contributed by atoms with van der Waals surface area (Å²) in [7, 11) is 0. The second kappa shape index (κ2) is 12.3. The molecular weight excluding hydrogens is 699 g/mol. The second-order valence-electron chi connectivity index (χ2n) is 14.4. The number of hydrogen-bond donors (Lipinski definition) is 0. The number of nitrogens with zero attached hydrogens (tertiary/aromatic N) is 5. The molecule has 57 heavy (non-hydrogen) atoms. The van der Waals surface area contributed by atoms with E-state index in [1.165, 1.54) is 16.3 Å². The average molecular weight is 730 g/mol. The summed E-state index contributed by atoms with van der Waals surface area (Å²) in [5, 5.41) is 6.65. The van der Waals surface area contributed by atoms with Gasteiger partial charge < -0.3 is 8.98 Å². The van der Waals surface area contributed by atoms with Crippen molar-refractivity contribution >= 4 is 65.6 Å². The number of benzene rings is 8. The molecule has 0 amide bonds. The van der Waals surface area contributed by atoms with Crippen LogP contribution in [0.1, 0.15) is 0 Å². The minimum Gasteiger partial charge on any atom is -0.454 e. The molecule has 0 radical (unpaired) electrons. The molecule has 0 N–H and O–H groups in total. The number of hydrogen-bond acceptors (Lipinski definition) is 4.